The minimum Gasteiger partial charge on any atom is -0.497 e. The van der Waals surface area contributed by atoms with Crippen LogP contribution in [0.15, 0.2) is 37.0 Å². The summed E-state index contributed by atoms with van der Waals surface area (Å²) in [6.07, 6.45) is 1.35. The van der Waals surface area contributed by atoms with Crippen molar-refractivity contribution in [3.05, 3.63) is 59.9 Å². The Morgan fingerprint density at radius 2 is 2.05 bits per heavy atom. The first kappa shape index (κ1) is 13.9. The number of methoxy groups -OCH3 is 1. The Balaban J connectivity index is 2.60. The van der Waals surface area contributed by atoms with E-state index in [9.17, 15) is 13.6 Å². The maximum atomic E-state index is 13.7. The molecule has 1 aromatic heterocycles. The first-order valence-corrected chi connectivity index (χ1v) is 5.70. The van der Waals surface area contributed by atoms with Crippen LogP contribution in [0.2, 0.25) is 0 Å². The predicted molar refractivity (Wildman–Crippen MR) is 71.0 cm³/mol. The number of nitrogens with zero attached hydrogens (tertiary/aromatic N) is 1. The molecule has 102 valence electrons. The SMILES string of the molecule is C=C(OC)c1ccc(-c2cc(F)ncc2F)c(C=O)c1. The second kappa shape index (κ2) is 5.61. The molecule has 0 unspecified atom stereocenters. The lowest BCUT2D eigenvalue weighted by molar-refractivity contribution is 0.112. The average Bonchev–Trinajstić information content (AvgIpc) is 2.48. The summed E-state index contributed by atoms with van der Waals surface area (Å²) in [5.74, 6) is -1.14. The monoisotopic (exact) mass is 275 g/mol. The van der Waals surface area contributed by atoms with Gasteiger partial charge in [-0.15, -0.1) is 0 Å². The number of ether oxygens (including phenoxy) is 1. The molecule has 0 fully saturated rings. The summed E-state index contributed by atoms with van der Waals surface area (Å²) in [5.41, 5.74) is 1.07. The van der Waals surface area contributed by atoms with Gasteiger partial charge in [-0.1, -0.05) is 18.7 Å². The summed E-state index contributed by atoms with van der Waals surface area (Å²) in [7, 11) is 1.45. The summed E-state index contributed by atoms with van der Waals surface area (Å²) in [4.78, 5) is 14.4. The Labute approximate surface area is 114 Å². The van der Waals surface area contributed by atoms with Gasteiger partial charge in [-0.2, -0.15) is 4.39 Å². The van der Waals surface area contributed by atoms with Crippen LogP contribution in [0.25, 0.3) is 16.9 Å². The van der Waals surface area contributed by atoms with E-state index in [1.165, 1.54) is 19.2 Å². The Kier molecular flexibility index (Phi) is 3.89. The number of hydrogen-bond acceptors (Lipinski definition) is 3. The molecule has 0 aliphatic carbocycles. The van der Waals surface area contributed by atoms with Crippen LogP contribution in [0.5, 0.6) is 0 Å². The van der Waals surface area contributed by atoms with E-state index >= 15 is 0 Å². The van der Waals surface area contributed by atoms with Crippen molar-refractivity contribution in [2.24, 2.45) is 0 Å². The molecule has 0 radical (unpaired) electrons. The van der Waals surface area contributed by atoms with Gasteiger partial charge in [0.15, 0.2) is 6.29 Å². The molecular weight excluding hydrogens is 264 g/mol. The lowest BCUT2D eigenvalue weighted by Crippen LogP contribution is -1.96. The minimum absolute atomic E-state index is 0.0193. The summed E-state index contributed by atoms with van der Waals surface area (Å²) in [5, 5.41) is 0. The molecule has 2 aromatic rings. The number of carbonyl (C=O) groups excluding carboxylic acids is 1. The highest BCUT2D eigenvalue weighted by Gasteiger charge is 2.13. The van der Waals surface area contributed by atoms with Crippen molar-refractivity contribution in [3.8, 4) is 11.1 Å². The van der Waals surface area contributed by atoms with Crippen molar-refractivity contribution in [1.82, 2.24) is 4.98 Å². The number of rotatable bonds is 4. The van der Waals surface area contributed by atoms with Crippen LogP contribution in [0.4, 0.5) is 8.78 Å². The summed E-state index contributed by atoms with van der Waals surface area (Å²) < 4.78 is 31.8. The second-order valence-electron chi connectivity index (χ2n) is 4.03. The van der Waals surface area contributed by atoms with Gasteiger partial charge < -0.3 is 4.74 Å². The van der Waals surface area contributed by atoms with Gasteiger partial charge in [0.25, 0.3) is 0 Å². The molecule has 20 heavy (non-hydrogen) atoms. The van der Waals surface area contributed by atoms with Gasteiger partial charge in [-0.05, 0) is 11.6 Å². The minimum atomic E-state index is -0.816. The van der Waals surface area contributed by atoms with Crippen molar-refractivity contribution in [1.29, 1.82) is 0 Å². The fourth-order valence-electron chi connectivity index (χ4n) is 1.82. The molecular formula is C15H11F2NO2. The van der Waals surface area contributed by atoms with Crippen LogP contribution in [0.3, 0.4) is 0 Å². The number of aldehydes is 1. The highest BCUT2D eigenvalue weighted by atomic mass is 19.1. The molecule has 0 spiro atoms. The Morgan fingerprint density at radius 3 is 2.70 bits per heavy atom. The number of carbonyl (C=O) groups is 1. The zero-order chi connectivity index (χ0) is 14.7. The molecule has 0 aliphatic heterocycles. The van der Waals surface area contributed by atoms with Crippen molar-refractivity contribution in [3.63, 3.8) is 0 Å². The van der Waals surface area contributed by atoms with Gasteiger partial charge in [-0.3, -0.25) is 4.79 Å². The number of hydrogen-bond donors (Lipinski definition) is 0. The molecule has 3 nitrogen and oxygen atoms in total. The van der Waals surface area contributed by atoms with Crippen molar-refractivity contribution in [2.75, 3.05) is 7.11 Å². The molecule has 1 heterocycles. The van der Waals surface area contributed by atoms with Crippen LogP contribution in [-0.4, -0.2) is 18.4 Å². The normalized spacial score (nSPS) is 10.2. The van der Waals surface area contributed by atoms with E-state index in [0.29, 0.717) is 17.6 Å². The van der Waals surface area contributed by atoms with Gasteiger partial charge in [-0.25, -0.2) is 9.37 Å². The quantitative estimate of drug-likeness (QED) is 0.487. The number of halogens is 2. The van der Waals surface area contributed by atoms with Gasteiger partial charge in [0, 0.05) is 22.8 Å². The topological polar surface area (TPSA) is 39.2 Å². The molecule has 0 amide bonds. The molecule has 0 saturated carbocycles. The number of pyridine rings is 1. The predicted octanol–water partition coefficient (Wildman–Crippen LogP) is 3.46. The first-order valence-electron chi connectivity index (χ1n) is 5.70. The third-order valence-electron chi connectivity index (χ3n) is 2.86. The zero-order valence-electron chi connectivity index (χ0n) is 10.7. The standard InChI is InChI=1S/C15H11F2NO2/c1-9(20-2)10-3-4-12(11(5-10)8-19)13-6-15(17)18-7-14(13)16/h3-8H,1H2,2H3. The largest absolute Gasteiger partial charge is 0.497 e. The van der Waals surface area contributed by atoms with E-state index in [-0.39, 0.29) is 16.7 Å². The second-order valence-corrected chi connectivity index (χ2v) is 4.03. The molecule has 5 heteroatoms. The van der Waals surface area contributed by atoms with Crippen molar-refractivity contribution in [2.45, 2.75) is 0 Å². The lowest BCUT2D eigenvalue weighted by atomic mass is 9.98. The molecule has 1 aromatic carbocycles. The maximum Gasteiger partial charge on any atom is 0.213 e. The highest BCUT2D eigenvalue weighted by molar-refractivity contribution is 5.89. The average molecular weight is 275 g/mol. The van der Waals surface area contributed by atoms with Gasteiger partial charge >= 0.3 is 0 Å². The van der Waals surface area contributed by atoms with E-state index in [1.807, 2.05) is 0 Å². The highest BCUT2D eigenvalue weighted by Crippen LogP contribution is 2.28. The van der Waals surface area contributed by atoms with Gasteiger partial charge in [0.2, 0.25) is 5.95 Å². The molecule has 0 saturated heterocycles. The lowest BCUT2D eigenvalue weighted by Gasteiger charge is -2.10. The molecule has 0 atom stereocenters. The first-order chi connectivity index (χ1) is 9.56. The number of benzene rings is 1. The van der Waals surface area contributed by atoms with E-state index in [4.69, 9.17) is 4.74 Å². The maximum absolute atomic E-state index is 13.7. The Hall–Kier alpha value is -2.56. The van der Waals surface area contributed by atoms with Gasteiger partial charge in [0.05, 0.1) is 13.3 Å². The third kappa shape index (κ3) is 2.56. The molecule has 0 N–H and O–H groups in total. The van der Waals surface area contributed by atoms with Crippen LogP contribution < -0.4 is 0 Å². The van der Waals surface area contributed by atoms with E-state index in [1.54, 1.807) is 6.07 Å². The molecule has 2 rings (SSSR count). The Bertz CT molecular complexity index is 684. The van der Waals surface area contributed by atoms with Gasteiger partial charge in [0.1, 0.15) is 11.6 Å². The van der Waals surface area contributed by atoms with Crippen molar-refractivity contribution >= 4 is 12.0 Å². The smallest absolute Gasteiger partial charge is 0.213 e. The summed E-state index contributed by atoms with van der Waals surface area (Å²) in [6.45, 7) is 3.67. The van der Waals surface area contributed by atoms with Crippen LogP contribution in [0.1, 0.15) is 15.9 Å². The van der Waals surface area contributed by atoms with E-state index in [0.717, 1.165) is 12.3 Å². The summed E-state index contributed by atoms with van der Waals surface area (Å²) in [6, 6.07) is 5.58. The summed E-state index contributed by atoms with van der Waals surface area (Å²) >= 11 is 0. The van der Waals surface area contributed by atoms with Crippen molar-refractivity contribution < 1.29 is 18.3 Å². The zero-order valence-corrected chi connectivity index (χ0v) is 10.7. The van der Waals surface area contributed by atoms with Crippen LogP contribution in [-0.2, 0) is 4.74 Å². The molecule has 0 aliphatic rings. The fraction of sp³-hybridized carbons (Fsp3) is 0.0667. The van der Waals surface area contributed by atoms with Crippen LogP contribution >= 0.6 is 0 Å². The van der Waals surface area contributed by atoms with E-state index < -0.39 is 11.8 Å². The van der Waals surface area contributed by atoms with Crippen LogP contribution in [0, 0.1) is 11.8 Å². The molecule has 0 bridgehead atoms. The Morgan fingerprint density at radius 1 is 1.30 bits per heavy atom. The number of aromatic nitrogens is 1. The van der Waals surface area contributed by atoms with E-state index in [2.05, 4.69) is 11.6 Å². The third-order valence-corrected chi connectivity index (χ3v) is 2.86. The fourth-order valence-corrected chi connectivity index (χ4v) is 1.82.